The van der Waals surface area contributed by atoms with Crippen molar-refractivity contribution in [1.29, 1.82) is 0 Å². The average molecular weight is 254 g/mol. The Kier molecular flexibility index (Phi) is 3.60. The average Bonchev–Trinajstić information content (AvgIpc) is 2.37. The first-order valence-electron chi connectivity index (χ1n) is 4.95. The molecule has 1 aromatic rings. The first kappa shape index (κ1) is 13.6. The molecular weight excluding hydrogens is 244 g/mol. The van der Waals surface area contributed by atoms with Crippen LogP contribution in [0.3, 0.4) is 0 Å². The molecule has 0 aliphatic rings. The molecular formula is C10H10N2O6. The second-order valence-electron chi connectivity index (χ2n) is 3.90. The Balaban J connectivity index is 3.86. The summed E-state index contributed by atoms with van der Waals surface area (Å²) in [6, 6.07) is 1.46. The zero-order valence-electron chi connectivity index (χ0n) is 9.61. The molecule has 18 heavy (non-hydrogen) atoms. The van der Waals surface area contributed by atoms with E-state index < -0.39 is 32.4 Å². The van der Waals surface area contributed by atoms with Crippen molar-refractivity contribution in [2.45, 2.75) is 19.8 Å². The lowest BCUT2D eigenvalue weighted by Gasteiger charge is -2.01. The highest BCUT2D eigenvalue weighted by molar-refractivity contribution is 5.54. The van der Waals surface area contributed by atoms with Gasteiger partial charge in [0.2, 0.25) is 11.2 Å². The molecule has 1 rings (SSSR count). The van der Waals surface area contributed by atoms with Crippen molar-refractivity contribution in [3.8, 4) is 5.75 Å². The van der Waals surface area contributed by atoms with Crippen LogP contribution >= 0.6 is 0 Å². The standard InChI is InChI=1S/C10H10N2O6/c1-5(2)6-3-9(13)10(14)8(12(17)18)4-7(6)11(15)16/h3-5H,1-2H3,(H,13,14). The summed E-state index contributed by atoms with van der Waals surface area (Å²) in [6.07, 6.45) is 0. The van der Waals surface area contributed by atoms with Crippen LogP contribution in [-0.2, 0) is 0 Å². The van der Waals surface area contributed by atoms with Crippen molar-refractivity contribution in [3.05, 3.63) is 48.1 Å². The fourth-order valence-corrected chi connectivity index (χ4v) is 1.45. The molecule has 0 fully saturated rings. The highest BCUT2D eigenvalue weighted by Crippen LogP contribution is 2.30. The van der Waals surface area contributed by atoms with Crippen LogP contribution < -0.4 is 5.43 Å². The van der Waals surface area contributed by atoms with E-state index in [4.69, 9.17) is 0 Å². The van der Waals surface area contributed by atoms with Crippen molar-refractivity contribution in [2.24, 2.45) is 0 Å². The summed E-state index contributed by atoms with van der Waals surface area (Å²) in [7, 11) is 0. The van der Waals surface area contributed by atoms with Gasteiger partial charge in [-0.2, -0.15) is 0 Å². The van der Waals surface area contributed by atoms with Gasteiger partial charge < -0.3 is 5.11 Å². The molecule has 0 atom stereocenters. The Morgan fingerprint density at radius 3 is 2.00 bits per heavy atom. The maximum Gasteiger partial charge on any atom is 0.321 e. The molecule has 0 saturated heterocycles. The van der Waals surface area contributed by atoms with Crippen LogP contribution in [0.15, 0.2) is 16.9 Å². The van der Waals surface area contributed by atoms with Crippen molar-refractivity contribution in [3.63, 3.8) is 0 Å². The molecule has 0 radical (unpaired) electrons. The number of hydrogen-bond acceptors (Lipinski definition) is 6. The van der Waals surface area contributed by atoms with Gasteiger partial charge in [0, 0.05) is 5.56 Å². The van der Waals surface area contributed by atoms with Crippen molar-refractivity contribution in [2.75, 3.05) is 0 Å². The Bertz CT molecular complexity index is 581. The fraction of sp³-hybridized carbons (Fsp3) is 0.300. The van der Waals surface area contributed by atoms with Crippen LogP contribution in [0, 0.1) is 20.2 Å². The minimum Gasteiger partial charge on any atom is -0.499 e. The highest BCUT2D eigenvalue weighted by Gasteiger charge is 2.25. The van der Waals surface area contributed by atoms with E-state index in [2.05, 4.69) is 0 Å². The lowest BCUT2D eigenvalue weighted by molar-refractivity contribution is -0.394. The number of aromatic hydroxyl groups is 1. The lowest BCUT2D eigenvalue weighted by atomic mass is 10.0. The Hall–Kier alpha value is -2.51. The summed E-state index contributed by atoms with van der Waals surface area (Å²) in [5.74, 6) is -1.49. The maximum absolute atomic E-state index is 11.5. The molecule has 8 nitrogen and oxygen atoms in total. The minimum atomic E-state index is -1.10. The SMILES string of the molecule is CC(C)c1cc(=O)c(O)c([N+](=O)[O-])cc1[N+](=O)[O-]. The van der Waals surface area contributed by atoms with E-state index in [1.807, 2.05) is 0 Å². The van der Waals surface area contributed by atoms with Gasteiger partial charge in [-0.25, -0.2) is 0 Å². The lowest BCUT2D eigenvalue weighted by Crippen LogP contribution is -2.00. The summed E-state index contributed by atoms with van der Waals surface area (Å²) in [4.78, 5) is 31.1. The second-order valence-corrected chi connectivity index (χ2v) is 3.90. The first-order valence-corrected chi connectivity index (χ1v) is 4.95. The van der Waals surface area contributed by atoms with E-state index in [-0.39, 0.29) is 11.5 Å². The molecule has 0 bridgehead atoms. The molecule has 0 saturated carbocycles. The van der Waals surface area contributed by atoms with Gasteiger partial charge in [-0.1, -0.05) is 13.8 Å². The van der Waals surface area contributed by atoms with Crippen molar-refractivity contribution >= 4 is 11.4 Å². The third-order valence-electron chi connectivity index (χ3n) is 2.35. The predicted octanol–water partition coefficient (Wildman–Crippen LogP) is 1.69. The van der Waals surface area contributed by atoms with Gasteiger partial charge in [0.15, 0.2) is 0 Å². The predicted molar refractivity (Wildman–Crippen MR) is 61.8 cm³/mol. The van der Waals surface area contributed by atoms with E-state index >= 15 is 0 Å². The summed E-state index contributed by atoms with van der Waals surface area (Å²) in [5.41, 5.74) is -2.51. The van der Waals surface area contributed by atoms with Crippen LogP contribution in [-0.4, -0.2) is 15.0 Å². The van der Waals surface area contributed by atoms with Crippen LogP contribution in [0.5, 0.6) is 5.75 Å². The van der Waals surface area contributed by atoms with Gasteiger partial charge in [0.1, 0.15) is 0 Å². The van der Waals surface area contributed by atoms with Gasteiger partial charge in [-0.15, -0.1) is 0 Å². The van der Waals surface area contributed by atoms with Gasteiger partial charge >= 0.3 is 5.69 Å². The first-order chi connectivity index (χ1) is 8.25. The largest absolute Gasteiger partial charge is 0.499 e. The van der Waals surface area contributed by atoms with Crippen LogP contribution in [0.1, 0.15) is 25.3 Å². The fourth-order valence-electron chi connectivity index (χ4n) is 1.45. The highest BCUT2D eigenvalue weighted by atomic mass is 16.6. The molecule has 0 aromatic heterocycles. The quantitative estimate of drug-likeness (QED) is 0.646. The molecule has 8 heteroatoms. The molecule has 0 amide bonds. The van der Waals surface area contributed by atoms with E-state index in [1.165, 1.54) is 0 Å². The molecule has 1 aromatic carbocycles. The van der Waals surface area contributed by atoms with E-state index in [0.29, 0.717) is 6.07 Å². The van der Waals surface area contributed by atoms with Gasteiger partial charge in [0.25, 0.3) is 5.69 Å². The molecule has 96 valence electrons. The van der Waals surface area contributed by atoms with Gasteiger partial charge in [0.05, 0.1) is 15.9 Å². The third kappa shape index (κ3) is 2.42. The van der Waals surface area contributed by atoms with Gasteiger partial charge in [-0.3, -0.25) is 25.0 Å². The van der Waals surface area contributed by atoms with Gasteiger partial charge in [-0.05, 0) is 12.0 Å². The number of rotatable bonds is 3. The maximum atomic E-state index is 11.5. The zero-order chi connectivity index (χ0) is 14.0. The molecule has 0 spiro atoms. The molecule has 0 unspecified atom stereocenters. The normalized spacial score (nSPS) is 10.4. The van der Waals surface area contributed by atoms with Crippen LogP contribution in [0.25, 0.3) is 0 Å². The summed E-state index contributed by atoms with van der Waals surface area (Å²) in [6.45, 7) is 3.20. The Morgan fingerprint density at radius 2 is 1.61 bits per heavy atom. The second kappa shape index (κ2) is 4.78. The number of hydrogen-bond donors (Lipinski definition) is 1. The molecule has 0 heterocycles. The van der Waals surface area contributed by atoms with Crippen LogP contribution in [0.4, 0.5) is 11.4 Å². The monoisotopic (exact) mass is 254 g/mol. The summed E-state index contributed by atoms with van der Waals surface area (Å²) < 4.78 is 0. The van der Waals surface area contributed by atoms with Crippen molar-refractivity contribution < 1.29 is 15.0 Å². The number of nitrogens with zero attached hydrogens (tertiary/aromatic N) is 2. The minimum absolute atomic E-state index is 0.0356. The zero-order valence-corrected chi connectivity index (χ0v) is 9.61. The van der Waals surface area contributed by atoms with E-state index in [0.717, 1.165) is 6.07 Å². The van der Waals surface area contributed by atoms with E-state index in [1.54, 1.807) is 13.8 Å². The Labute approximate surface area is 101 Å². The van der Waals surface area contributed by atoms with Crippen molar-refractivity contribution in [1.82, 2.24) is 0 Å². The molecule has 1 N–H and O–H groups in total. The number of nitro groups is 2. The van der Waals surface area contributed by atoms with E-state index in [9.17, 15) is 30.1 Å². The molecule has 0 aliphatic heterocycles. The Morgan fingerprint density at radius 1 is 1.11 bits per heavy atom. The smallest absolute Gasteiger partial charge is 0.321 e. The summed E-state index contributed by atoms with van der Waals surface area (Å²) in [5, 5.41) is 30.9. The molecule has 0 aliphatic carbocycles. The third-order valence-corrected chi connectivity index (χ3v) is 2.35. The summed E-state index contributed by atoms with van der Waals surface area (Å²) >= 11 is 0. The topological polar surface area (TPSA) is 124 Å². The van der Waals surface area contributed by atoms with Crippen LogP contribution in [0.2, 0.25) is 0 Å².